The van der Waals surface area contributed by atoms with Gasteiger partial charge in [0.05, 0.1) is 5.41 Å². The van der Waals surface area contributed by atoms with Gasteiger partial charge in [0, 0.05) is 18.3 Å². The van der Waals surface area contributed by atoms with Gasteiger partial charge in [-0.05, 0) is 104 Å². The summed E-state index contributed by atoms with van der Waals surface area (Å²) in [5.41, 5.74) is 0.145. The molecule has 40 heavy (non-hydrogen) atoms. The van der Waals surface area contributed by atoms with Gasteiger partial charge in [0.1, 0.15) is 6.10 Å². The van der Waals surface area contributed by atoms with Crippen molar-refractivity contribution in [1.29, 1.82) is 0 Å². The molecule has 4 fully saturated rings. The van der Waals surface area contributed by atoms with Gasteiger partial charge in [-0.1, -0.05) is 53.0 Å². The lowest BCUT2D eigenvalue weighted by Crippen LogP contribution is -2.66. The van der Waals surface area contributed by atoms with E-state index < -0.39 is 5.41 Å². The molecule has 0 aromatic carbocycles. The van der Waals surface area contributed by atoms with E-state index in [9.17, 15) is 14.4 Å². The van der Waals surface area contributed by atoms with Crippen molar-refractivity contribution in [3.8, 4) is 12.3 Å². The number of fused-ring (bicyclic) bond motifs is 7. The third-order valence-electron chi connectivity index (χ3n) is 13.6. The number of hydrogen-bond donors (Lipinski definition) is 0. The Morgan fingerprint density at radius 3 is 2.30 bits per heavy atom. The summed E-state index contributed by atoms with van der Waals surface area (Å²) in [7, 11) is 0. The fourth-order valence-corrected chi connectivity index (χ4v) is 11.0. The Labute approximate surface area is 241 Å². The first-order valence-electron chi connectivity index (χ1n) is 15.5. The highest BCUT2D eigenvalue weighted by Crippen LogP contribution is 2.75. The first-order valence-corrected chi connectivity index (χ1v) is 15.5. The third kappa shape index (κ3) is 3.90. The predicted molar refractivity (Wildman–Crippen MR) is 155 cm³/mol. The van der Waals surface area contributed by atoms with Gasteiger partial charge in [-0.3, -0.25) is 14.4 Å². The molecule has 0 heterocycles. The van der Waals surface area contributed by atoms with Crippen LogP contribution in [0.2, 0.25) is 0 Å². The first kappa shape index (κ1) is 29.4. The largest absolute Gasteiger partial charge is 0.462 e. The number of esters is 2. The molecule has 0 radical (unpaired) electrons. The van der Waals surface area contributed by atoms with Crippen molar-refractivity contribution in [2.24, 2.45) is 50.2 Å². The molecule has 0 spiro atoms. The van der Waals surface area contributed by atoms with Gasteiger partial charge in [0.25, 0.3) is 0 Å². The lowest BCUT2D eigenvalue weighted by Gasteiger charge is -2.70. The van der Waals surface area contributed by atoms with Crippen LogP contribution in [0.1, 0.15) is 113 Å². The maximum Gasteiger partial charge on any atom is 0.312 e. The molecule has 5 aliphatic carbocycles. The van der Waals surface area contributed by atoms with Gasteiger partial charge in [-0.25, -0.2) is 0 Å². The maximum atomic E-state index is 14.5. The minimum absolute atomic E-state index is 0.00339. The normalized spacial score (nSPS) is 47.3. The van der Waals surface area contributed by atoms with Crippen molar-refractivity contribution in [2.75, 3.05) is 6.61 Å². The van der Waals surface area contributed by atoms with Crippen LogP contribution in [-0.4, -0.2) is 30.4 Å². The second-order valence-electron chi connectivity index (χ2n) is 16.0. The van der Waals surface area contributed by atoms with Crippen LogP contribution >= 0.6 is 0 Å². The van der Waals surface area contributed by atoms with Crippen LogP contribution in [0.25, 0.3) is 0 Å². The summed E-state index contributed by atoms with van der Waals surface area (Å²) < 4.78 is 11.3. The number of ether oxygens (including phenoxy) is 2. The van der Waals surface area contributed by atoms with E-state index in [0.29, 0.717) is 12.3 Å². The maximum absolute atomic E-state index is 14.5. The van der Waals surface area contributed by atoms with Crippen LogP contribution in [-0.2, 0) is 23.9 Å². The number of terminal acetylenes is 1. The number of ketones is 1. The molecular formula is C35H50O5. The second kappa shape index (κ2) is 9.20. The van der Waals surface area contributed by atoms with Gasteiger partial charge in [0.2, 0.25) is 0 Å². The van der Waals surface area contributed by atoms with E-state index >= 15 is 0 Å². The number of carbonyl (C=O) groups excluding carboxylic acids is 3. The van der Waals surface area contributed by atoms with Crippen LogP contribution in [0, 0.1) is 62.6 Å². The summed E-state index contributed by atoms with van der Waals surface area (Å²) in [4.78, 5) is 39.6. The van der Waals surface area contributed by atoms with Gasteiger partial charge in [-0.15, -0.1) is 6.42 Å². The topological polar surface area (TPSA) is 69.7 Å². The number of hydrogen-bond acceptors (Lipinski definition) is 5. The highest BCUT2D eigenvalue weighted by Gasteiger charge is 2.70. The summed E-state index contributed by atoms with van der Waals surface area (Å²) in [5.74, 6) is 2.70. The van der Waals surface area contributed by atoms with Crippen molar-refractivity contribution < 1.29 is 23.9 Å². The average Bonchev–Trinajstić information content (AvgIpc) is 2.86. The van der Waals surface area contributed by atoms with Crippen LogP contribution in [0.3, 0.4) is 0 Å². The zero-order valence-electron chi connectivity index (χ0n) is 26.1. The highest BCUT2D eigenvalue weighted by atomic mass is 16.5. The molecular weight excluding hydrogens is 500 g/mol. The predicted octanol–water partition coefficient (Wildman–Crippen LogP) is 7.08. The lowest BCUT2D eigenvalue weighted by atomic mass is 9.33. The first-order chi connectivity index (χ1) is 18.5. The molecule has 0 aliphatic heterocycles. The van der Waals surface area contributed by atoms with E-state index in [1.54, 1.807) is 0 Å². The Morgan fingerprint density at radius 1 is 0.975 bits per heavy atom. The molecule has 0 N–H and O–H groups in total. The third-order valence-corrected chi connectivity index (χ3v) is 13.6. The van der Waals surface area contributed by atoms with E-state index in [-0.39, 0.29) is 69.3 Å². The standard InChI is InChI=1S/C35H50O5/c1-10-19-39-29(38)32(6)16-15-31(5)17-18-34(8)23(24(31)21-32)20-25(37)28-33(7)13-12-27(40-22(2)36)30(3,4)26(33)11-14-35(28,34)9/h1,20,24,26-28H,11-19,21H2,2-9H3/t24-,26-,27-,28-,31-,32+,33+,34+,35-/m1/s1. The Hall–Kier alpha value is -2.09. The molecule has 5 nitrogen and oxygen atoms in total. The Kier molecular flexibility index (Phi) is 6.77. The van der Waals surface area contributed by atoms with E-state index in [2.05, 4.69) is 47.5 Å². The molecule has 5 aliphatic rings. The van der Waals surface area contributed by atoms with Gasteiger partial charge >= 0.3 is 11.9 Å². The summed E-state index contributed by atoms with van der Waals surface area (Å²) in [5, 5.41) is 0. The van der Waals surface area contributed by atoms with Crippen LogP contribution < -0.4 is 0 Å². The minimum atomic E-state index is -0.594. The Morgan fingerprint density at radius 2 is 1.65 bits per heavy atom. The smallest absolute Gasteiger partial charge is 0.312 e. The zero-order chi connectivity index (χ0) is 29.5. The minimum Gasteiger partial charge on any atom is -0.462 e. The fourth-order valence-electron chi connectivity index (χ4n) is 11.0. The van der Waals surface area contributed by atoms with E-state index in [0.717, 1.165) is 51.4 Å². The van der Waals surface area contributed by atoms with Crippen molar-refractivity contribution >= 4 is 17.7 Å². The molecule has 0 aromatic rings. The molecule has 0 aromatic heterocycles. The monoisotopic (exact) mass is 550 g/mol. The number of carbonyl (C=O) groups is 3. The van der Waals surface area contributed by atoms with E-state index in [4.69, 9.17) is 15.9 Å². The van der Waals surface area contributed by atoms with Crippen molar-refractivity contribution in [2.45, 2.75) is 119 Å². The van der Waals surface area contributed by atoms with Crippen LogP contribution in [0.4, 0.5) is 0 Å². The van der Waals surface area contributed by atoms with Crippen LogP contribution in [0.5, 0.6) is 0 Å². The number of rotatable bonds is 3. The molecule has 5 rings (SSSR count). The van der Waals surface area contributed by atoms with Crippen molar-refractivity contribution in [3.05, 3.63) is 11.6 Å². The molecule has 0 unspecified atom stereocenters. The van der Waals surface area contributed by atoms with Gasteiger partial charge in [0.15, 0.2) is 12.4 Å². The fraction of sp³-hybridized carbons (Fsp3) is 0.800. The van der Waals surface area contributed by atoms with E-state index in [1.165, 1.54) is 12.5 Å². The highest BCUT2D eigenvalue weighted by molar-refractivity contribution is 5.95. The van der Waals surface area contributed by atoms with E-state index in [1.807, 2.05) is 13.0 Å². The molecule has 9 atom stereocenters. The molecule has 5 heteroatoms. The molecule has 4 saturated carbocycles. The summed E-state index contributed by atoms with van der Waals surface area (Å²) in [6.07, 6.45) is 15.7. The van der Waals surface area contributed by atoms with Gasteiger partial charge < -0.3 is 9.47 Å². The quantitative estimate of drug-likeness (QED) is 0.278. The average molecular weight is 551 g/mol. The van der Waals surface area contributed by atoms with Gasteiger partial charge in [-0.2, -0.15) is 0 Å². The summed E-state index contributed by atoms with van der Waals surface area (Å²) in [6, 6.07) is 0. The SMILES string of the molecule is C#CCOC(=O)[C@@]1(C)CC[C@]2(C)CC[C@@]3(C)C(=CC(=O)[C@@H]4[C@@]5(C)CC[C@@H](OC(C)=O)C(C)(C)[C@H]5CC[C@]43C)[C@H]2C1. The molecule has 0 amide bonds. The molecule has 0 saturated heterocycles. The van der Waals surface area contributed by atoms with Crippen molar-refractivity contribution in [1.82, 2.24) is 0 Å². The number of allylic oxidation sites excluding steroid dienone is 2. The van der Waals surface area contributed by atoms with Crippen LogP contribution in [0.15, 0.2) is 11.6 Å². The molecule has 220 valence electrons. The second-order valence-corrected chi connectivity index (χ2v) is 16.0. The lowest BCUT2D eigenvalue weighted by molar-refractivity contribution is -0.210. The Balaban J connectivity index is 1.54. The zero-order valence-corrected chi connectivity index (χ0v) is 26.1. The Bertz CT molecular complexity index is 1190. The van der Waals surface area contributed by atoms with Crippen molar-refractivity contribution in [3.63, 3.8) is 0 Å². The summed E-state index contributed by atoms with van der Waals surface area (Å²) >= 11 is 0. The molecule has 0 bridgehead atoms. The summed E-state index contributed by atoms with van der Waals surface area (Å²) in [6.45, 7) is 17.6.